The van der Waals surface area contributed by atoms with E-state index in [4.69, 9.17) is 15.0 Å². The van der Waals surface area contributed by atoms with Crippen molar-refractivity contribution in [3.8, 4) is 78.7 Å². The van der Waals surface area contributed by atoms with Gasteiger partial charge in [-0.2, -0.15) is 0 Å². The molecule has 0 radical (unpaired) electrons. The maximum absolute atomic E-state index is 5.09. The second-order valence-electron chi connectivity index (χ2n) is 12.7. The van der Waals surface area contributed by atoms with Crippen molar-refractivity contribution in [1.82, 2.24) is 19.9 Å². The summed E-state index contributed by atoms with van der Waals surface area (Å²) < 4.78 is 0. The molecule has 7 aromatic carbocycles. The van der Waals surface area contributed by atoms with Crippen LogP contribution in [-0.4, -0.2) is 19.9 Å². The molecular formula is C46H28N4. The van der Waals surface area contributed by atoms with E-state index < -0.39 is 0 Å². The highest BCUT2D eigenvalue weighted by molar-refractivity contribution is 6.20. The van der Waals surface area contributed by atoms with Gasteiger partial charge in [-0.05, 0) is 96.9 Å². The first-order chi connectivity index (χ1) is 24.8. The van der Waals surface area contributed by atoms with Crippen molar-refractivity contribution in [2.45, 2.75) is 0 Å². The van der Waals surface area contributed by atoms with E-state index in [1.54, 1.807) is 0 Å². The summed E-state index contributed by atoms with van der Waals surface area (Å²) in [5.74, 6) is 1.89. The Morgan fingerprint density at radius 2 is 0.860 bits per heavy atom. The second kappa shape index (κ2) is 11.4. The van der Waals surface area contributed by atoms with Crippen molar-refractivity contribution in [2.75, 3.05) is 0 Å². The van der Waals surface area contributed by atoms with Crippen LogP contribution in [0.15, 0.2) is 170 Å². The highest BCUT2D eigenvalue weighted by atomic mass is 15.0. The quantitative estimate of drug-likeness (QED) is 0.189. The van der Waals surface area contributed by atoms with Crippen LogP contribution in [0, 0.1) is 0 Å². The minimum Gasteiger partial charge on any atom is -0.264 e. The first-order valence-electron chi connectivity index (χ1n) is 16.8. The number of pyridine rings is 1. The highest BCUT2D eigenvalue weighted by Crippen LogP contribution is 2.50. The standard InChI is InChI=1S/C46H28N4/c1-3-11-29(12-4-1)44-48-45(30-13-5-2-6-14-30)50-46(49-44)36-24-34(33-17-10-22-47-28-33)23-35(25-36)37-20-21-40-42-27-32-16-8-7-15-31(32)26-41(42)39-19-9-18-38(37)43(39)40/h1-28H. The van der Waals surface area contributed by atoms with Gasteiger partial charge in [-0.25, -0.2) is 15.0 Å². The average Bonchev–Trinajstić information content (AvgIpc) is 3.51. The van der Waals surface area contributed by atoms with Gasteiger partial charge in [-0.3, -0.25) is 4.98 Å². The largest absolute Gasteiger partial charge is 0.264 e. The van der Waals surface area contributed by atoms with Crippen molar-refractivity contribution in [3.05, 3.63) is 170 Å². The van der Waals surface area contributed by atoms with Crippen LogP contribution in [0.2, 0.25) is 0 Å². The molecule has 4 heteroatoms. The molecule has 0 atom stereocenters. The molecule has 0 N–H and O–H groups in total. The molecule has 0 bridgehead atoms. The van der Waals surface area contributed by atoms with Crippen molar-refractivity contribution in [3.63, 3.8) is 0 Å². The van der Waals surface area contributed by atoms with Crippen molar-refractivity contribution in [2.24, 2.45) is 0 Å². The van der Waals surface area contributed by atoms with Crippen LogP contribution in [0.1, 0.15) is 0 Å². The molecule has 2 aromatic heterocycles. The van der Waals surface area contributed by atoms with E-state index in [2.05, 4.69) is 96.0 Å². The van der Waals surface area contributed by atoms with Gasteiger partial charge in [0.2, 0.25) is 0 Å². The van der Waals surface area contributed by atoms with E-state index in [0.29, 0.717) is 17.5 Å². The lowest BCUT2D eigenvalue weighted by atomic mass is 9.91. The molecule has 2 heterocycles. The normalized spacial score (nSPS) is 11.6. The number of hydrogen-bond donors (Lipinski definition) is 0. The zero-order valence-corrected chi connectivity index (χ0v) is 27.0. The van der Waals surface area contributed by atoms with Crippen molar-refractivity contribution in [1.29, 1.82) is 0 Å². The van der Waals surface area contributed by atoms with Gasteiger partial charge in [0.15, 0.2) is 17.5 Å². The number of nitrogens with zero attached hydrogens (tertiary/aromatic N) is 4. The number of hydrogen-bond acceptors (Lipinski definition) is 4. The first-order valence-corrected chi connectivity index (χ1v) is 16.8. The molecule has 1 aliphatic carbocycles. The molecule has 0 saturated heterocycles. The van der Waals surface area contributed by atoms with Crippen LogP contribution in [0.5, 0.6) is 0 Å². The molecule has 0 amide bonds. The molecular weight excluding hydrogens is 609 g/mol. The Labute approximate surface area is 289 Å². The Balaban J connectivity index is 1.20. The average molecular weight is 637 g/mol. The van der Waals surface area contributed by atoms with E-state index in [9.17, 15) is 0 Å². The van der Waals surface area contributed by atoms with Gasteiger partial charge in [-0.1, -0.05) is 121 Å². The lowest BCUT2D eigenvalue weighted by Crippen LogP contribution is -2.00. The monoisotopic (exact) mass is 636 g/mol. The molecule has 4 nitrogen and oxygen atoms in total. The molecule has 0 spiro atoms. The van der Waals surface area contributed by atoms with Crippen molar-refractivity contribution >= 4 is 21.5 Å². The molecule has 232 valence electrons. The Hall–Kier alpha value is -6.78. The maximum Gasteiger partial charge on any atom is 0.164 e. The zero-order chi connectivity index (χ0) is 33.0. The van der Waals surface area contributed by atoms with Gasteiger partial charge < -0.3 is 0 Å². The summed E-state index contributed by atoms with van der Waals surface area (Å²) in [6.45, 7) is 0. The Kier molecular flexibility index (Phi) is 6.46. The Morgan fingerprint density at radius 3 is 1.50 bits per heavy atom. The van der Waals surface area contributed by atoms with Gasteiger partial charge in [0.05, 0.1) is 0 Å². The number of aromatic nitrogens is 4. The third-order valence-corrected chi connectivity index (χ3v) is 9.70. The molecule has 9 aromatic rings. The van der Waals surface area contributed by atoms with E-state index in [1.807, 2.05) is 79.1 Å². The SMILES string of the molecule is c1ccc(-c2nc(-c3ccccc3)nc(-c3cc(-c4cccnc4)cc(-c4ccc5c6c(cccc46)-c4cc6ccccc6cc4-5)c3)n2)cc1. The van der Waals surface area contributed by atoms with Crippen LogP contribution >= 0.6 is 0 Å². The van der Waals surface area contributed by atoms with Crippen LogP contribution < -0.4 is 0 Å². The zero-order valence-electron chi connectivity index (χ0n) is 27.0. The van der Waals surface area contributed by atoms with Crippen LogP contribution in [0.4, 0.5) is 0 Å². The lowest BCUT2D eigenvalue weighted by Gasteiger charge is -2.14. The summed E-state index contributed by atoms with van der Waals surface area (Å²) in [6.07, 6.45) is 3.72. The number of benzene rings is 7. The lowest BCUT2D eigenvalue weighted by molar-refractivity contribution is 1.07. The van der Waals surface area contributed by atoms with Crippen LogP contribution in [0.25, 0.3) is 100 Å². The van der Waals surface area contributed by atoms with Crippen LogP contribution in [0.3, 0.4) is 0 Å². The predicted octanol–water partition coefficient (Wildman–Crippen LogP) is 11.6. The maximum atomic E-state index is 5.09. The summed E-state index contributed by atoms with van der Waals surface area (Å²) in [4.78, 5) is 19.6. The van der Waals surface area contributed by atoms with E-state index >= 15 is 0 Å². The fourth-order valence-electron chi connectivity index (χ4n) is 7.34. The molecule has 50 heavy (non-hydrogen) atoms. The summed E-state index contributed by atoms with van der Waals surface area (Å²) >= 11 is 0. The summed E-state index contributed by atoms with van der Waals surface area (Å²) in [6, 6.07) is 55.5. The van der Waals surface area contributed by atoms with Gasteiger partial charge >= 0.3 is 0 Å². The smallest absolute Gasteiger partial charge is 0.164 e. The number of rotatable bonds is 5. The minimum atomic E-state index is 0.620. The molecule has 0 aliphatic heterocycles. The fourth-order valence-corrected chi connectivity index (χ4v) is 7.34. The summed E-state index contributed by atoms with van der Waals surface area (Å²) in [7, 11) is 0. The topological polar surface area (TPSA) is 51.6 Å². The van der Waals surface area contributed by atoms with Gasteiger partial charge in [0.25, 0.3) is 0 Å². The van der Waals surface area contributed by atoms with Gasteiger partial charge in [0.1, 0.15) is 0 Å². The summed E-state index contributed by atoms with van der Waals surface area (Å²) in [5, 5.41) is 5.03. The predicted molar refractivity (Wildman–Crippen MR) is 204 cm³/mol. The van der Waals surface area contributed by atoms with E-state index in [0.717, 1.165) is 38.9 Å². The van der Waals surface area contributed by atoms with Crippen molar-refractivity contribution < 1.29 is 0 Å². The second-order valence-corrected chi connectivity index (χ2v) is 12.7. The Morgan fingerprint density at radius 1 is 0.320 bits per heavy atom. The highest BCUT2D eigenvalue weighted by Gasteiger charge is 2.24. The van der Waals surface area contributed by atoms with Crippen LogP contribution in [-0.2, 0) is 0 Å². The van der Waals surface area contributed by atoms with Gasteiger partial charge in [0, 0.05) is 34.6 Å². The van der Waals surface area contributed by atoms with E-state index in [1.165, 1.54) is 43.8 Å². The molecule has 0 fully saturated rings. The third-order valence-electron chi connectivity index (χ3n) is 9.70. The molecule has 1 aliphatic rings. The first kappa shape index (κ1) is 28.3. The molecule has 0 unspecified atom stereocenters. The minimum absolute atomic E-state index is 0.620. The third kappa shape index (κ3) is 4.69. The fraction of sp³-hybridized carbons (Fsp3) is 0. The molecule has 10 rings (SSSR count). The van der Waals surface area contributed by atoms with E-state index in [-0.39, 0.29) is 0 Å². The number of fused-ring (bicyclic) bond motifs is 4. The Bertz CT molecular complexity index is 2630. The molecule has 0 saturated carbocycles. The van der Waals surface area contributed by atoms with Gasteiger partial charge in [-0.15, -0.1) is 0 Å². The summed E-state index contributed by atoms with van der Waals surface area (Å²) in [5.41, 5.74) is 12.3.